The fourth-order valence-corrected chi connectivity index (χ4v) is 3.97. The van der Waals surface area contributed by atoms with Gasteiger partial charge in [0.05, 0.1) is 6.04 Å². The highest BCUT2D eigenvalue weighted by Crippen LogP contribution is 2.07. The molecule has 0 saturated heterocycles. The Balaban J connectivity index is 5.50. The number of hydrogen-bond acceptors (Lipinski definition) is 9. The number of thioether (sulfide) groups is 2. The van der Waals surface area contributed by atoms with Gasteiger partial charge in [0.2, 0.25) is 23.6 Å². The number of nitrogens with one attached hydrogen (secondary N) is 3. The molecule has 0 bridgehead atoms. The van der Waals surface area contributed by atoms with E-state index in [1.807, 2.05) is 12.5 Å². The zero-order valence-corrected chi connectivity index (χ0v) is 22.1. The van der Waals surface area contributed by atoms with Gasteiger partial charge in [-0.2, -0.15) is 23.5 Å². The first-order valence-corrected chi connectivity index (χ1v) is 14.2. The van der Waals surface area contributed by atoms with Gasteiger partial charge < -0.3 is 38.3 Å². The summed E-state index contributed by atoms with van der Waals surface area (Å²) in [7, 11) is 0. The zero-order valence-electron chi connectivity index (χ0n) is 20.4. The molecule has 0 aliphatic heterocycles. The lowest BCUT2D eigenvalue weighted by atomic mass is 10.0. The lowest BCUT2D eigenvalue weighted by molar-refractivity contribution is -0.142. The normalized spacial score (nSPS) is 14.3. The number of carboxylic acid groups (broad SMARTS) is 1. The largest absolute Gasteiger partial charge is 0.480 e. The minimum Gasteiger partial charge on any atom is -0.480 e. The first-order chi connectivity index (χ1) is 16.6. The first kappa shape index (κ1) is 33.0. The highest BCUT2D eigenvalue weighted by molar-refractivity contribution is 7.98. The van der Waals surface area contributed by atoms with Crippen LogP contribution in [0.2, 0.25) is 0 Å². The van der Waals surface area contributed by atoms with Crippen LogP contribution >= 0.6 is 23.5 Å². The Morgan fingerprint density at radius 2 is 1.29 bits per heavy atom. The van der Waals surface area contributed by atoms with E-state index in [-0.39, 0.29) is 25.7 Å². The maximum Gasteiger partial charge on any atom is 0.326 e. The van der Waals surface area contributed by atoms with Crippen LogP contribution in [0.3, 0.4) is 0 Å². The number of primary amides is 1. The molecule has 202 valence electrons. The first-order valence-electron chi connectivity index (χ1n) is 11.4. The van der Waals surface area contributed by atoms with Gasteiger partial charge in [-0.05, 0) is 69.1 Å². The standard InChI is InChI=1S/C21H40N6O6S2/c1-34-11-8-13(23)18(29)25-14(5-3-4-10-22)19(30)26-15(6-7-17(24)28)20(31)27-16(21(32)33)9-12-35-2/h13-16H,3-12,22-23H2,1-2H3,(H2,24,28)(H,25,29)(H,26,30)(H,27,31)(H,32,33). The minimum atomic E-state index is -1.22. The van der Waals surface area contributed by atoms with Crippen molar-refractivity contribution in [2.24, 2.45) is 17.2 Å². The quantitative estimate of drug-likeness (QED) is 0.0916. The molecule has 0 spiro atoms. The summed E-state index contributed by atoms with van der Waals surface area (Å²) in [6.45, 7) is 0.409. The summed E-state index contributed by atoms with van der Waals surface area (Å²) in [5.74, 6) is -2.60. The molecule has 14 heteroatoms. The molecule has 0 saturated carbocycles. The van der Waals surface area contributed by atoms with Crippen LogP contribution in [-0.2, 0) is 24.0 Å². The number of unbranched alkanes of at least 4 members (excludes halogenated alkanes) is 1. The summed E-state index contributed by atoms with van der Waals surface area (Å²) >= 11 is 2.97. The van der Waals surface area contributed by atoms with Crippen LogP contribution in [0.4, 0.5) is 0 Å². The van der Waals surface area contributed by atoms with Crippen molar-refractivity contribution >= 4 is 53.1 Å². The smallest absolute Gasteiger partial charge is 0.326 e. The number of carbonyl (C=O) groups excluding carboxylic acids is 4. The molecule has 4 atom stereocenters. The number of carboxylic acids is 1. The van der Waals surface area contributed by atoms with E-state index in [4.69, 9.17) is 17.2 Å². The highest BCUT2D eigenvalue weighted by atomic mass is 32.2. The van der Waals surface area contributed by atoms with Crippen molar-refractivity contribution in [1.29, 1.82) is 0 Å². The van der Waals surface area contributed by atoms with E-state index in [0.29, 0.717) is 37.3 Å². The van der Waals surface area contributed by atoms with Gasteiger partial charge in [0.25, 0.3) is 0 Å². The van der Waals surface area contributed by atoms with Crippen molar-refractivity contribution in [3.8, 4) is 0 Å². The minimum absolute atomic E-state index is 0.127. The number of aliphatic carboxylic acids is 1. The lowest BCUT2D eigenvalue weighted by Gasteiger charge is -2.25. The van der Waals surface area contributed by atoms with E-state index in [1.165, 1.54) is 11.8 Å². The van der Waals surface area contributed by atoms with E-state index < -0.39 is 53.8 Å². The van der Waals surface area contributed by atoms with Crippen LogP contribution in [0.1, 0.15) is 44.9 Å². The number of hydrogen-bond donors (Lipinski definition) is 7. The molecule has 12 nitrogen and oxygen atoms in total. The SMILES string of the molecule is CSCCC(N)C(=O)NC(CCCCN)C(=O)NC(CCC(N)=O)C(=O)NC(CCSC)C(=O)O. The summed E-state index contributed by atoms with van der Waals surface area (Å²) in [5, 5.41) is 17.0. The molecule has 0 fully saturated rings. The summed E-state index contributed by atoms with van der Waals surface area (Å²) in [6.07, 6.45) is 5.42. The van der Waals surface area contributed by atoms with Crippen molar-refractivity contribution in [3.63, 3.8) is 0 Å². The average molecular weight is 537 g/mol. The Labute approximate surface area is 215 Å². The predicted molar refractivity (Wildman–Crippen MR) is 139 cm³/mol. The van der Waals surface area contributed by atoms with Gasteiger partial charge in [0.1, 0.15) is 18.1 Å². The highest BCUT2D eigenvalue weighted by Gasteiger charge is 2.30. The van der Waals surface area contributed by atoms with Gasteiger partial charge in [-0.3, -0.25) is 19.2 Å². The van der Waals surface area contributed by atoms with Crippen LogP contribution in [0.15, 0.2) is 0 Å². The van der Waals surface area contributed by atoms with Gasteiger partial charge >= 0.3 is 5.97 Å². The van der Waals surface area contributed by atoms with Crippen molar-refractivity contribution in [1.82, 2.24) is 16.0 Å². The van der Waals surface area contributed by atoms with Gasteiger partial charge in [-0.25, -0.2) is 4.79 Å². The maximum absolute atomic E-state index is 13.0. The van der Waals surface area contributed by atoms with Crippen molar-refractivity contribution in [2.75, 3.05) is 30.6 Å². The molecule has 0 heterocycles. The summed E-state index contributed by atoms with van der Waals surface area (Å²) in [4.78, 5) is 61.2. The Bertz CT molecular complexity index is 699. The summed E-state index contributed by atoms with van der Waals surface area (Å²) in [5.41, 5.74) is 16.6. The maximum atomic E-state index is 13.0. The molecule has 4 unspecified atom stereocenters. The molecule has 0 rings (SSSR count). The molecular weight excluding hydrogens is 496 g/mol. The van der Waals surface area contributed by atoms with E-state index in [0.717, 1.165) is 0 Å². The Kier molecular flexibility index (Phi) is 18.1. The van der Waals surface area contributed by atoms with Crippen LogP contribution in [0.5, 0.6) is 0 Å². The van der Waals surface area contributed by atoms with Gasteiger partial charge in [-0.15, -0.1) is 0 Å². The predicted octanol–water partition coefficient (Wildman–Crippen LogP) is -1.25. The molecule has 0 aliphatic rings. The average Bonchev–Trinajstić information content (AvgIpc) is 2.81. The van der Waals surface area contributed by atoms with Crippen molar-refractivity contribution in [2.45, 2.75) is 69.1 Å². The van der Waals surface area contributed by atoms with E-state index in [2.05, 4.69) is 16.0 Å². The topological polar surface area (TPSA) is 220 Å². The fourth-order valence-electron chi connectivity index (χ4n) is 3.01. The summed E-state index contributed by atoms with van der Waals surface area (Å²) in [6, 6.07) is -4.15. The number of carbonyl (C=O) groups is 5. The zero-order chi connectivity index (χ0) is 26.8. The van der Waals surface area contributed by atoms with E-state index in [1.54, 1.807) is 11.8 Å². The van der Waals surface area contributed by atoms with Gasteiger partial charge in [-0.1, -0.05) is 0 Å². The van der Waals surface area contributed by atoms with Crippen LogP contribution < -0.4 is 33.2 Å². The second kappa shape index (κ2) is 19.2. The van der Waals surface area contributed by atoms with Crippen LogP contribution in [0, 0.1) is 0 Å². The third kappa shape index (κ3) is 14.9. The number of rotatable bonds is 20. The molecule has 0 aromatic heterocycles. The van der Waals surface area contributed by atoms with E-state index >= 15 is 0 Å². The second-order valence-electron chi connectivity index (χ2n) is 7.98. The molecular formula is C21H40N6O6S2. The Hall–Kier alpha value is -2.03. The molecule has 10 N–H and O–H groups in total. The number of nitrogens with two attached hydrogens (primary N) is 3. The fraction of sp³-hybridized carbons (Fsp3) is 0.762. The van der Waals surface area contributed by atoms with E-state index in [9.17, 15) is 29.1 Å². The Morgan fingerprint density at radius 3 is 1.80 bits per heavy atom. The Morgan fingerprint density at radius 1 is 0.771 bits per heavy atom. The van der Waals surface area contributed by atoms with Gasteiger partial charge in [0.15, 0.2) is 0 Å². The van der Waals surface area contributed by atoms with Crippen LogP contribution in [-0.4, -0.2) is 89.4 Å². The lowest BCUT2D eigenvalue weighted by Crippen LogP contribution is -2.57. The van der Waals surface area contributed by atoms with Crippen molar-refractivity contribution in [3.05, 3.63) is 0 Å². The van der Waals surface area contributed by atoms with Gasteiger partial charge in [0, 0.05) is 6.42 Å². The molecule has 35 heavy (non-hydrogen) atoms. The third-order valence-electron chi connectivity index (χ3n) is 5.09. The molecule has 4 amide bonds. The van der Waals surface area contributed by atoms with Crippen LogP contribution in [0.25, 0.3) is 0 Å². The molecule has 0 aromatic carbocycles. The third-order valence-corrected chi connectivity index (χ3v) is 6.38. The van der Waals surface area contributed by atoms with Crippen molar-refractivity contribution < 1.29 is 29.1 Å². The summed E-state index contributed by atoms with van der Waals surface area (Å²) < 4.78 is 0. The molecule has 0 aliphatic carbocycles. The number of amides is 4. The monoisotopic (exact) mass is 536 g/mol. The second-order valence-corrected chi connectivity index (χ2v) is 9.95. The molecule has 0 aromatic rings. The molecule has 0 radical (unpaired) electrons.